The number of amides is 1. The van der Waals surface area contributed by atoms with Gasteiger partial charge in [0.15, 0.2) is 5.60 Å². The number of aryl methyl sites for hydroxylation is 1. The van der Waals surface area contributed by atoms with Crippen LogP contribution in [0, 0.1) is 6.92 Å². The lowest BCUT2D eigenvalue weighted by Crippen LogP contribution is -2.42. The van der Waals surface area contributed by atoms with Gasteiger partial charge in [-0.15, -0.1) is 5.10 Å². The Labute approximate surface area is 173 Å². The summed E-state index contributed by atoms with van der Waals surface area (Å²) in [4.78, 5) is 16.9. The molecule has 2 aromatic carbocycles. The summed E-state index contributed by atoms with van der Waals surface area (Å²) >= 11 is 7.43. The van der Waals surface area contributed by atoms with Crippen LogP contribution in [0.3, 0.4) is 0 Å². The van der Waals surface area contributed by atoms with Crippen LogP contribution in [0.25, 0.3) is 0 Å². The second-order valence-corrected chi connectivity index (χ2v) is 8.09. The molecule has 3 rings (SSSR count). The van der Waals surface area contributed by atoms with Gasteiger partial charge in [0, 0.05) is 16.5 Å². The van der Waals surface area contributed by atoms with Gasteiger partial charge in [0.1, 0.15) is 11.6 Å². The molecule has 0 saturated heterocycles. The third-order valence-corrected chi connectivity index (χ3v) is 5.06. The third-order valence-electron chi connectivity index (χ3n) is 3.89. The van der Waals surface area contributed by atoms with Crippen molar-refractivity contribution in [3.05, 3.63) is 64.9 Å². The summed E-state index contributed by atoms with van der Waals surface area (Å²) in [6, 6.07) is 14.6. The van der Waals surface area contributed by atoms with Gasteiger partial charge in [-0.3, -0.25) is 9.89 Å². The van der Waals surface area contributed by atoms with Crippen LogP contribution in [-0.4, -0.2) is 26.7 Å². The third kappa shape index (κ3) is 5.50. The standard InChI is InChI=1S/C20H21ClN4O2S/c1-13-22-19(25-24-13)28-12-14-4-8-16(9-5-14)23-18(26)20(2,3)27-17-10-6-15(21)7-11-17/h4-11H,12H2,1-3H3,(H,23,26)(H,22,24,25). The van der Waals surface area contributed by atoms with E-state index in [4.69, 9.17) is 16.3 Å². The number of nitrogens with zero attached hydrogens (tertiary/aromatic N) is 2. The number of anilines is 1. The number of carbonyl (C=O) groups excluding carboxylic acids is 1. The Morgan fingerprint density at radius 2 is 1.86 bits per heavy atom. The molecule has 0 spiro atoms. The molecule has 0 unspecified atom stereocenters. The molecular weight excluding hydrogens is 396 g/mol. The topological polar surface area (TPSA) is 79.9 Å². The fraction of sp³-hybridized carbons (Fsp3) is 0.250. The van der Waals surface area contributed by atoms with Crippen molar-refractivity contribution in [3.63, 3.8) is 0 Å². The summed E-state index contributed by atoms with van der Waals surface area (Å²) in [6.45, 7) is 5.31. The van der Waals surface area contributed by atoms with E-state index in [0.717, 1.165) is 22.3 Å². The maximum atomic E-state index is 12.6. The monoisotopic (exact) mass is 416 g/mol. The summed E-state index contributed by atoms with van der Waals surface area (Å²) in [5.74, 6) is 1.89. The molecule has 146 valence electrons. The zero-order chi connectivity index (χ0) is 20.1. The number of ether oxygens (including phenoxy) is 1. The zero-order valence-electron chi connectivity index (χ0n) is 15.8. The minimum absolute atomic E-state index is 0.235. The fourth-order valence-corrected chi connectivity index (χ4v) is 3.27. The van der Waals surface area contributed by atoms with E-state index in [9.17, 15) is 4.79 Å². The largest absolute Gasteiger partial charge is 0.478 e. The second-order valence-electron chi connectivity index (χ2n) is 6.71. The maximum Gasteiger partial charge on any atom is 0.267 e. The van der Waals surface area contributed by atoms with E-state index in [1.54, 1.807) is 49.9 Å². The number of hydrogen-bond acceptors (Lipinski definition) is 5. The van der Waals surface area contributed by atoms with E-state index in [2.05, 4.69) is 20.5 Å². The summed E-state index contributed by atoms with van der Waals surface area (Å²) in [5, 5.41) is 11.2. The van der Waals surface area contributed by atoms with Crippen molar-refractivity contribution in [3.8, 4) is 5.75 Å². The fourth-order valence-electron chi connectivity index (χ4n) is 2.34. The second kappa shape index (κ2) is 8.67. The number of benzene rings is 2. The maximum absolute atomic E-state index is 12.6. The number of thioether (sulfide) groups is 1. The summed E-state index contributed by atoms with van der Waals surface area (Å²) in [6.07, 6.45) is 0. The Hall–Kier alpha value is -2.51. The Bertz CT molecular complexity index is 940. The van der Waals surface area contributed by atoms with Crippen molar-refractivity contribution in [1.29, 1.82) is 0 Å². The van der Waals surface area contributed by atoms with Crippen molar-refractivity contribution in [2.75, 3.05) is 5.32 Å². The SMILES string of the molecule is Cc1nc(SCc2ccc(NC(=O)C(C)(C)Oc3ccc(Cl)cc3)cc2)n[nH]1. The highest BCUT2D eigenvalue weighted by molar-refractivity contribution is 7.98. The van der Waals surface area contributed by atoms with Crippen LogP contribution in [0.1, 0.15) is 25.2 Å². The van der Waals surface area contributed by atoms with Crippen molar-refractivity contribution in [1.82, 2.24) is 15.2 Å². The Morgan fingerprint density at radius 1 is 1.18 bits per heavy atom. The number of aromatic nitrogens is 3. The van der Waals surface area contributed by atoms with E-state index < -0.39 is 5.60 Å². The van der Waals surface area contributed by atoms with Gasteiger partial charge in [-0.05, 0) is 62.7 Å². The minimum atomic E-state index is -1.04. The molecule has 1 aromatic heterocycles. The van der Waals surface area contributed by atoms with Gasteiger partial charge in [-0.1, -0.05) is 35.5 Å². The van der Waals surface area contributed by atoms with Gasteiger partial charge >= 0.3 is 0 Å². The number of rotatable bonds is 7. The average Bonchev–Trinajstić information content (AvgIpc) is 3.08. The van der Waals surface area contributed by atoms with Crippen LogP contribution in [0.15, 0.2) is 53.7 Å². The van der Waals surface area contributed by atoms with Crippen LogP contribution in [0.2, 0.25) is 5.02 Å². The highest BCUT2D eigenvalue weighted by Gasteiger charge is 2.30. The molecular formula is C20H21ClN4O2S. The molecule has 1 heterocycles. The van der Waals surface area contributed by atoms with Crippen LogP contribution < -0.4 is 10.1 Å². The van der Waals surface area contributed by atoms with Crippen LogP contribution in [-0.2, 0) is 10.5 Å². The lowest BCUT2D eigenvalue weighted by Gasteiger charge is -2.25. The Balaban J connectivity index is 1.56. The van der Waals surface area contributed by atoms with Crippen molar-refractivity contribution in [2.45, 2.75) is 37.3 Å². The molecule has 8 heteroatoms. The van der Waals surface area contributed by atoms with E-state index >= 15 is 0 Å². The Kier molecular flexibility index (Phi) is 6.26. The first-order valence-electron chi connectivity index (χ1n) is 8.68. The van der Waals surface area contributed by atoms with E-state index in [1.165, 1.54) is 0 Å². The zero-order valence-corrected chi connectivity index (χ0v) is 17.4. The molecule has 1 amide bonds. The van der Waals surface area contributed by atoms with Crippen molar-refractivity contribution < 1.29 is 9.53 Å². The van der Waals surface area contributed by atoms with E-state index in [-0.39, 0.29) is 5.91 Å². The highest BCUT2D eigenvalue weighted by Crippen LogP contribution is 2.23. The number of hydrogen-bond donors (Lipinski definition) is 2. The summed E-state index contributed by atoms with van der Waals surface area (Å²) in [7, 11) is 0. The predicted molar refractivity (Wildman–Crippen MR) is 112 cm³/mol. The first-order valence-corrected chi connectivity index (χ1v) is 10.0. The molecule has 6 nitrogen and oxygen atoms in total. The van der Waals surface area contributed by atoms with Crippen LogP contribution >= 0.6 is 23.4 Å². The Morgan fingerprint density at radius 3 is 2.46 bits per heavy atom. The first kappa shape index (κ1) is 20.2. The van der Waals surface area contributed by atoms with Gasteiger partial charge in [0.25, 0.3) is 5.91 Å². The molecule has 0 aliphatic rings. The number of carbonyl (C=O) groups is 1. The van der Waals surface area contributed by atoms with Crippen LogP contribution in [0.4, 0.5) is 5.69 Å². The highest BCUT2D eigenvalue weighted by atomic mass is 35.5. The van der Waals surface area contributed by atoms with Gasteiger partial charge in [0.2, 0.25) is 5.16 Å². The molecule has 2 N–H and O–H groups in total. The van der Waals surface area contributed by atoms with Gasteiger partial charge in [-0.2, -0.15) is 0 Å². The molecule has 0 radical (unpaired) electrons. The molecule has 0 aliphatic heterocycles. The lowest BCUT2D eigenvalue weighted by molar-refractivity contribution is -0.128. The van der Waals surface area contributed by atoms with Gasteiger partial charge in [-0.25, -0.2) is 4.98 Å². The summed E-state index contributed by atoms with van der Waals surface area (Å²) < 4.78 is 5.81. The van der Waals surface area contributed by atoms with Gasteiger partial charge in [0.05, 0.1) is 0 Å². The van der Waals surface area contributed by atoms with Crippen LogP contribution in [0.5, 0.6) is 5.75 Å². The number of halogens is 1. The molecule has 0 fully saturated rings. The van der Waals surface area contributed by atoms with Crippen molar-refractivity contribution >= 4 is 35.0 Å². The molecule has 3 aromatic rings. The first-order chi connectivity index (χ1) is 13.3. The van der Waals surface area contributed by atoms with E-state index in [0.29, 0.717) is 16.5 Å². The normalized spacial score (nSPS) is 11.3. The van der Waals surface area contributed by atoms with Gasteiger partial charge < -0.3 is 10.1 Å². The summed E-state index contributed by atoms with van der Waals surface area (Å²) in [5.41, 5.74) is 0.786. The molecule has 0 atom stereocenters. The number of nitrogens with one attached hydrogen (secondary N) is 2. The molecule has 0 aliphatic carbocycles. The lowest BCUT2D eigenvalue weighted by atomic mass is 10.1. The average molecular weight is 417 g/mol. The predicted octanol–water partition coefficient (Wildman–Crippen LogP) is 4.85. The molecule has 0 saturated carbocycles. The number of H-pyrrole nitrogens is 1. The minimum Gasteiger partial charge on any atom is -0.478 e. The quantitative estimate of drug-likeness (QED) is 0.538. The number of aromatic amines is 1. The van der Waals surface area contributed by atoms with E-state index in [1.807, 2.05) is 31.2 Å². The molecule has 28 heavy (non-hydrogen) atoms. The smallest absolute Gasteiger partial charge is 0.267 e. The van der Waals surface area contributed by atoms with Crippen molar-refractivity contribution in [2.24, 2.45) is 0 Å². The molecule has 0 bridgehead atoms.